The second-order valence-electron chi connectivity index (χ2n) is 5.76. The summed E-state index contributed by atoms with van der Waals surface area (Å²) in [5, 5.41) is 8.85. The Balaban J connectivity index is 2.50. The van der Waals surface area contributed by atoms with Crippen molar-refractivity contribution in [1.82, 2.24) is 4.90 Å². The molecule has 3 nitrogen and oxygen atoms in total. The largest absolute Gasteiger partial charge is 0.396 e. The molecule has 1 aliphatic carbocycles. The molecule has 0 aromatic carbocycles. The van der Waals surface area contributed by atoms with Crippen molar-refractivity contribution >= 4 is 0 Å². The predicted octanol–water partition coefficient (Wildman–Crippen LogP) is 2.52. The number of aliphatic hydroxyl groups excluding tert-OH is 1. The maximum Gasteiger partial charge on any atom is 0.0431 e. The Morgan fingerprint density at radius 1 is 1.06 bits per heavy atom. The first-order valence-electron chi connectivity index (χ1n) is 7.85. The van der Waals surface area contributed by atoms with E-state index in [1.807, 2.05) is 0 Å². The van der Waals surface area contributed by atoms with Gasteiger partial charge in [-0.25, -0.2) is 0 Å². The van der Waals surface area contributed by atoms with Crippen LogP contribution < -0.4 is 5.73 Å². The summed E-state index contributed by atoms with van der Waals surface area (Å²) in [7, 11) is 0. The molecule has 18 heavy (non-hydrogen) atoms. The summed E-state index contributed by atoms with van der Waals surface area (Å²) in [6, 6.07) is 0. The van der Waals surface area contributed by atoms with E-state index in [1.54, 1.807) is 0 Å². The van der Waals surface area contributed by atoms with Gasteiger partial charge in [-0.15, -0.1) is 0 Å². The van der Waals surface area contributed by atoms with Crippen LogP contribution in [0.1, 0.15) is 64.7 Å². The zero-order valence-electron chi connectivity index (χ0n) is 12.2. The number of nitrogens with zero attached hydrogens (tertiary/aromatic N) is 1. The summed E-state index contributed by atoms with van der Waals surface area (Å²) in [6.45, 7) is 5.73. The van der Waals surface area contributed by atoms with Gasteiger partial charge in [0.25, 0.3) is 0 Å². The van der Waals surface area contributed by atoms with Gasteiger partial charge in [0, 0.05) is 18.7 Å². The Hall–Kier alpha value is -0.120. The Kier molecular flexibility index (Phi) is 7.87. The molecule has 3 heteroatoms. The first kappa shape index (κ1) is 15.9. The minimum atomic E-state index is 0.285. The van der Waals surface area contributed by atoms with E-state index in [2.05, 4.69) is 11.8 Å². The molecule has 1 aliphatic rings. The fraction of sp³-hybridized carbons (Fsp3) is 1.00. The maximum atomic E-state index is 8.85. The molecule has 1 rings (SSSR count). The first-order chi connectivity index (χ1) is 8.79. The average molecular weight is 256 g/mol. The molecule has 0 aromatic rings. The van der Waals surface area contributed by atoms with Crippen LogP contribution in [-0.4, -0.2) is 41.8 Å². The highest BCUT2D eigenvalue weighted by Gasteiger charge is 2.35. The fourth-order valence-corrected chi connectivity index (χ4v) is 3.31. The van der Waals surface area contributed by atoms with Gasteiger partial charge in [0.1, 0.15) is 0 Å². The quantitative estimate of drug-likeness (QED) is 0.623. The van der Waals surface area contributed by atoms with Gasteiger partial charge in [0.05, 0.1) is 0 Å². The summed E-state index contributed by atoms with van der Waals surface area (Å²) >= 11 is 0. The van der Waals surface area contributed by atoms with Crippen molar-refractivity contribution in [3.63, 3.8) is 0 Å². The average Bonchev–Trinajstić information content (AvgIpc) is 2.43. The van der Waals surface area contributed by atoms with Crippen LogP contribution in [0.3, 0.4) is 0 Å². The van der Waals surface area contributed by atoms with Crippen LogP contribution >= 0.6 is 0 Å². The van der Waals surface area contributed by atoms with E-state index in [4.69, 9.17) is 10.8 Å². The number of nitrogens with two attached hydrogens (primary N) is 1. The monoisotopic (exact) mass is 256 g/mol. The molecule has 0 unspecified atom stereocenters. The molecule has 0 radical (unpaired) electrons. The summed E-state index contributed by atoms with van der Waals surface area (Å²) in [4.78, 5) is 2.66. The first-order valence-corrected chi connectivity index (χ1v) is 7.85. The maximum absolute atomic E-state index is 8.85. The highest BCUT2D eigenvalue weighted by molar-refractivity contribution is 4.94. The highest BCUT2D eigenvalue weighted by Crippen LogP contribution is 2.33. The van der Waals surface area contributed by atoms with E-state index in [-0.39, 0.29) is 5.54 Å². The van der Waals surface area contributed by atoms with E-state index in [1.165, 1.54) is 51.5 Å². The summed E-state index contributed by atoms with van der Waals surface area (Å²) in [6.07, 6.45) is 11.1. The van der Waals surface area contributed by atoms with Crippen molar-refractivity contribution < 1.29 is 5.11 Å². The van der Waals surface area contributed by atoms with E-state index in [0.29, 0.717) is 6.61 Å². The molecule has 0 aromatic heterocycles. The zero-order chi connectivity index (χ0) is 13.3. The van der Waals surface area contributed by atoms with Crippen molar-refractivity contribution in [2.75, 3.05) is 26.2 Å². The molecule has 1 saturated carbocycles. The van der Waals surface area contributed by atoms with Crippen molar-refractivity contribution in [2.45, 2.75) is 70.3 Å². The molecule has 0 heterocycles. The lowest BCUT2D eigenvalue weighted by molar-refractivity contribution is 0.0547. The van der Waals surface area contributed by atoms with Crippen molar-refractivity contribution in [2.24, 2.45) is 5.73 Å². The van der Waals surface area contributed by atoms with E-state index in [0.717, 1.165) is 25.9 Å². The van der Waals surface area contributed by atoms with Crippen molar-refractivity contribution in [3.8, 4) is 0 Å². The lowest BCUT2D eigenvalue weighted by Crippen LogP contribution is -2.55. The zero-order valence-corrected chi connectivity index (χ0v) is 12.2. The van der Waals surface area contributed by atoms with Gasteiger partial charge in [0.15, 0.2) is 0 Å². The minimum absolute atomic E-state index is 0.285. The lowest BCUT2D eigenvalue weighted by atomic mass is 9.80. The predicted molar refractivity (Wildman–Crippen MR) is 77.7 cm³/mol. The van der Waals surface area contributed by atoms with E-state index >= 15 is 0 Å². The summed E-state index contributed by atoms with van der Waals surface area (Å²) in [5.41, 5.74) is 6.40. The number of unbranched alkanes of at least 4 members (excludes halogenated alkanes) is 2. The van der Waals surface area contributed by atoms with Crippen LogP contribution in [0.4, 0.5) is 0 Å². The smallest absolute Gasteiger partial charge is 0.0431 e. The van der Waals surface area contributed by atoms with Crippen LogP contribution in [0.25, 0.3) is 0 Å². The topological polar surface area (TPSA) is 49.5 Å². The second-order valence-corrected chi connectivity index (χ2v) is 5.76. The van der Waals surface area contributed by atoms with Gasteiger partial charge in [-0.05, 0) is 51.6 Å². The molecular weight excluding hydrogens is 224 g/mol. The molecule has 108 valence electrons. The molecular formula is C15H32N2O. The Bertz CT molecular complexity index is 203. The second kappa shape index (κ2) is 8.89. The summed E-state index contributed by atoms with van der Waals surface area (Å²) < 4.78 is 0. The van der Waals surface area contributed by atoms with Crippen molar-refractivity contribution in [1.29, 1.82) is 0 Å². The molecule has 0 spiro atoms. The van der Waals surface area contributed by atoms with Crippen LogP contribution in [0.15, 0.2) is 0 Å². The lowest BCUT2D eigenvalue weighted by Gasteiger charge is -2.46. The van der Waals surface area contributed by atoms with Crippen LogP contribution in [0.2, 0.25) is 0 Å². The van der Waals surface area contributed by atoms with Crippen molar-refractivity contribution in [3.05, 3.63) is 0 Å². The van der Waals surface area contributed by atoms with Gasteiger partial charge in [0.2, 0.25) is 0 Å². The Morgan fingerprint density at radius 2 is 1.78 bits per heavy atom. The number of hydrogen-bond donors (Lipinski definition) is 2. The van der Waals surface area contributed by atoms with E-state index in [9.17, 15) is 0 Å². The molecule has 0 bridgehead atoms. The molecule has 0 aliphatic heterocycles. The number of rotatable bonds is 9. The number of hydrogen-bond acceptors (Lipinski definition) is 3. The Morgan fingerprint density at radius 3 is 2.33 bits per heavy atom. The van der Waals surface area contributed by atoms with Gasteiger partial charge in [-0.1, -0.05) is 26.2 Å². The molecule has 0 atom stereocenters. The minimum Gasteiger partial charge on any atom is -0.396 e. The van der Waals surface area contributed by atoms with Gasteiger partial charge >= 0.3 is 0 Å². The Labute approximate surface area is 113 Å². The third-order valence-electron chi connectivity index (χ3n) is 4.41. The summed E-state index contributed by atoms with van der Waals surface area (Å²) in [5.74, 6) is 0. The molecule has 0 saturated heterocycles. The van der Waals surface area contributed by atoms with Crippen LogP contribution in [0.5, 0.6) is 0 Å². The van der Waals surface area contributed by atoms with Crippen LogP contribution in [-0.2, 0) is 0 Å². The van der Waals surface area contributed by atoms with Crippen LogP contribution in [0, 0.1) is 0 Å². The van der Waals surface area contributed by atoms with Gasteiger partial charge in [-0.2, -0.15) is 0 Å². The fourth-order valence-electron chi connectivity index (χ4n) is 3.31. The third kappa shape index (κ3) is 4.52. The molecule has 0 amide bonds. The molecule has 3 N–H and O–H groups in total. The third-order valence-corrected chi connectivity index (χ3v) is 4.41. The normalized spacial score (nSPS) is 19.3. The standard InChI is InChI=1S/C15H32N2O/c1-2-11-17(12-7-4-8-13-18)15(14-16)9-5-3-6-10-15/h18H,2-14,16H2,1H3. The van der Waals surface area contributed by atoms with Gasteiger partial charge < -0.3 is 10.8 Å². The van der Waals surface area contributed by atoms with E-state index < -0.39 is 0 Å². The molecule has 1 fully saturated rings. The number of aliphatic hydroxyl groups is 1. The SMILES string of the molecule is CCCN(CCCCCO)C1(CN)CCCCC1. The van der Waals surface area contributed by atoms with Gasteiger partial charge in [-0.3, -0.25) is 4.90 Å². The highest BCUT2D eigenvalue weighted by atomic mass is 16.2.